The van der Waals surface area contributed by atoms with Gasteiger partial charge in [-0.25, -0.2) is 9.97 Å². The van der Waals surface area contributed by atoms with Gasteiger partial charge in [0.1, 0.15) is 11.6 Å². The lowest BCUT2D eigenvalue weighted by molar-refractivity contribution is 0.164. The van der Waals surface area contributed by atoms with Crippen LogP contribution in [0.3, 0.4) is 0 Å². The lowest BCUT2D eigenvalue weighted by Gasteiger charge is -2.37. The highest BCUT2D eigenvalue weighted by atomic mass is 16.5. The first-order valence-electron chi connectivity index (χ1n) is 9.89. The molecular formula is C20H25N7O2. The van der Waals surface area contributed by atoms with Crippen LogP contribution in [0.5, 0.6) is 0 Å². The van der Waals surface area contributed by atoms with E-state index in [2.05, 4.69) is 41.8 Å². The van der Waals surface area contributed by atoms with E-state index in [1.807, 2.05) is 26.0 Å². The second-order valence-corrected chi connectivity index (χ2v) is 7.22. The first-order chi connectivity index (χ1) is 14.0. The number of H-pyrrole nitrogens is 1. The molecule has 1 N–H and O–H groups in total. The highest BCUT2D eigenvalue weighted by molar-refractivity contribution is 5.56. The number of pyridine rings is 1. The van der Waals surface area contributed by atoms with Crippen molar-refractivity contribution in [2.45, 2.75) is 33.2 Å². The first kappa shape index (κ1) is 19.3. The van der Waals surface area contributed by atoms with Crippen LogP contribution >= 0.6 is 0 Å². The number of rotatable bonds is 5. The topological polar surface area (TPSA) is 104 Å². The molecule has 4 rings (SSSR count). The zero-order valence-electron chi connectivity index (χ0n) is 16.9. The van der Waals surface area contributed by atoms with Gasteiger partial charge in [-0.3, -0.25) is 9.69 Å². The lowest BCUT2D eigenvalue weighted by Crippen LogP contribution is -2.47. The summed E-state index contributed by atoms with van der Waals surface area (Å²) in [5.41, 5.74) is 1.44. The number of hydrogen-bond donors (Lipinski definition) is 1. The number of nitrogens with one attached hydrogen (secondary N) is 1. The molecular weight excluding hydrogens is 370 g/mol. The van der Waals surface area contributed by atoms with Crippen molar-refractivity contribution in [3.8, 4) is 11.4 Å². The summed E-state index contributed by atoms with van der Waals surface area (Å²) >= 11 is 0. The van der Waals surface area contributed by atoms with Crippen LogP contribution in [0.2, 0.25) is 0 Å². The van der Waals surface area contributed by atoms with Gasteiger partial charge in [-0.2, -0.15) is 4.98 Å². The molecule has 152 valence electrons. The largest absolute Gasteiger partial charge is 0.354 e. The number of anilines is 1. The molecule has 3 aromatic heterocycles. The minimum absolute atomic E-state index is 0.0995. The Morgan fingerprint density at radius 1 is 1.21 bits per heavy atom. The molecule has 1 aliphatic rings. The minimum Gasteiger partial charge on any atom is -0.354 e. The molecule has 1 unspecified atom stereocenters. The van der Waals surface area contributed by atoms with Gasteiger partial charge < -0.3 is 14.4 Å². The molecule has 0 bridgehead atoms. The molecule has 0 amide bonds. The summed E-state index contributed by atoms with van der Waals surface area (Å²) in [5.74, 6) is 2.80. The Morgan fingerprint density at radius 3 is 2.62 bits per heavy atom. The summed E-state index contributed by atoms with van der Waals surface area (Å²) in [7, 11) is 0. The summed E-state index contributed by atoms with van der Waals surface area (Å²) in [4.78, 5) is 32.6. The van der Waals surface area contributed by atoms with Crippen LogP contribution in [-0.4, -0.2) is 56.2 Å². The molecule has 9 heteroatoms. The van der Waals surface area contributed by atoms with Crippen LogP contribution in [0.4, 0.5) is 5.82 Å². The molecule has 0 aliphatic carbocycles. The van der Waals surface area contributed by atoms with Gasteiger partial charge in [-0.05, 0) is 32.4 Å². The van der Waals surface area contributed by atoms with Crippen molar-refractivity contribution in [3.63, 3.8) is 0 Å². The highest BCUT2D eigenvalue weighted by Gasteiger charge is 2.26. The van der Waals surface area contributed by atoms with Crippen molar-refractivity contribution >= 4 is 5.82 Å². The van der Waals surface area contributed by atoms with E-state index < -0.39 is 0 Å². The quantitative estimate of drug-likeness (QED) is 0.699. The molecule has 29 heavy (non-hydrogen) atoms. The van der Waals surface area contributed by atoms with Crippen molar-refractivity contribution in [2.75, 3.05) is 31.1 Å². The molecule has 0 aromatic carbocycles. The van der Waals surface area contributed by atoms with Crippen molar-refractivity contribution in [1.29, 1.82) is 0 Å². The second-order valence-electron chi connectivity index (χ2n) is 7.22. The van der Waals surface area contributed by atoms with Gasteiger partial charge in [0.2, 0.25) is 5.89 Å². The second kappa shape index (κ2) is 8.12. The van der Waals surface area contributed by atoms with Gasteiger partial charge in [-0.15, -0.1) is 0 Å². The molecule has 1 fully saturated rings. The number of aromatic nitrogens is 5. The Kier molecular flexibility index (Phi) is 5.39. The van der Waals surface area contributed by atoms with Crippen molar-refractivity contribution in [2.24, 2.45) is 0 Å². The monoisotopic (exact) mass is 395 g/mol. The van der Waals surface area contributed by atoms with Gasteiger partial charge in [-0.1, -0.05) is 12.1 Å². The third kappa shape index (κ3) is 4.19. The predicted molar refractivity (Wildman–Crippen MR) is 109 cm³/mol. The van der Waals surface area contributed by atoms with Gasteiger partial charge in [0.25, 0.3) is 5.56 Å². The van der Waals surface area contributed by atoms with Crippen molar-refractivity contribution in [3.05, 3.63) is 52.2 Å². The molecule has 0 radical (unpaired) electrons. The van der Waals surface area contributed by atoms with E-state index in [1.165, 1.54) is 6.07 Å². The summed E-state index contributed by atoms with van der Waals surface area (Å²) in [6.07, 6.45) is 2.48. The third-order valence-corrected chi connectivity index (χ3v) is 5.26. The highest BCUT2D eigenvalue weighted by Crippen LogP contribution is 2.23. The van der Waals surface area contributed by atoms with Crippen LogP contribution < -0.4 is 10.5 Å². The SMILES string of the molecule is CCc1cc(=O)[nH]c(-c2ccc(N3CCN(C(C)c4nc(C)no4)CC3)nc2)n1. The van der Waals surface area contributed by atoms with Gasteiger partial charge in [0, 0.05) is 49.7 Å². The number of aryl methyl sites for hydroxylation is 2. The fourth-order valence-electron chi connectivity index (χ4n) is 3.52. The van der Waals surface area contributed by atoms with E-state index >= 15 is 0 Å². The van der Waals surface area contributed by atoms with Crippen LogP contribution in [0, 0.1) is 6.92 Å². The van der Waals surface area contributed by atoms with Crippen LogP contribution in [0.25, 0.3) is 11.4 Å². The summed E-state index contributed by atoms with van der Waals surface area (Å²) in [6, 6.07) is 5.56. The Labute approximate surface area is 168 Å². The molecule has 1 aliphatic heterocycles. The van der Waals surface area contributed by atoms with E-state index in [-0.39, 0.29) is 11.6 Å². The Morgan fingerprint density at radius 2 is 2.00 bits per heavy atom. The van der Waals surface area contributed by atoms with E-state index in [4.69, 9.17) is 4.52 Å². The summed E-state index contributed by atoms with van der Waals surface area (Å²) < 4.78 is 5.31. The number of hydrogen-bond acceptors (Lipinski definition) is 8. The fourth-order valence-corrected chi connectivity index (χ4v) is 3.52. The Bertz CT molecular complexity index is 1020. The lowest BCUT2D eigenvalue weighted by atomic mass is 10.2. The van der Waals surface area contributed by atoms with Gasteiger partial charge >= 0.3 is 0 Å². The smallest absolute Gasteiger partial charge is 0.251 e. The molecule has 3 aromatic rings. The van der Waals surface area contributed by atoms with Crippen molar-refractivity contribution in [1.82, 2.24) is 30.0 Å². The zero-order chi connectivity index (χ0) is 20.4. The zero-order valence-corrected chi connectivity index (χ0v) is 16.9. The van der Waals surface area contributed by atoms with E-state index in [0.29, 0.717) is 24.0 Å². The molecule has 1 atom stereocenters. The Hall–Kier alpha value is -3.07. The third-order valence-electron chi connectivity index (χ3n) is 5.26. The van der Waals surface area contributed by atoms with Crippen molar-refractivity contribution < 1.29 is 4.52 Å². The Balaban J connectivity index is 1.42. The molecule has 1 saturated heterocycles. The number of nitrogens with zero attached hydrogens (tertiary/aromatic N) is 6. The normalized spacial score (nSPS) is 16.2. The molecule has 0 saturated carbocycles. The maximum atomic E-state index is 11.8. The summed E-state index contributed by atoms with van der Waals surface area (Å²) in [5, 5.41) is 3.88. The van der Waals surface area contributed by atoms with Crippen LogP contribution in [0.1, 0.15) is 37.3 Å². The minimum atomic E-state index is -0.141. The fraction of sp³-hybridized carbons (Fsp3) is 0.450. The number of aromatic amines is 1. The van der Waals surface area contributed by atoms with Crippen LogP contribution in [0.15, 0.2) is 33.7 Å². The van der Waals surface area contributed by atoms with Crippen LogP contribution in [-0.2, 0) is 6.42 Å². The molecule has 0 spiro atoms. The van der Waals surface area contributed by atoms with E-state index in [9.17, 15) is 4.79 Å². The van der Waals surface area contributed by atoms with E-state index in [1.54, 1.807) is 6.20 Å². The predicted octanol–water partition coefficient (Wildman–Crippen LogP) is 1.97. The number of piperazine rings is 1. The maximum absolute atomic E-state index is 11.8. The molecule has 9 nitrogen and oxygen atoms in total. The molecule has 4 heterocycles. The average molecular weight is 395 g/mol. The van der Waals surface area contributed by atoms with E-state index in [0.717, 1.165) is 43.3 Å². The standard InChI is InChI=1S/C20H25N7O2/c1-4-16-11-18(28)24-19(23-16)15-5-6-17(21-12-15)27-9-7-26(8-10-27)13(2)20-22-14(3)25-29-20/h5-6,11-13H,4,7-10H2,1-3H3,(H,23,24,28). The van der Waals surface area contributed by atoms with Gasteiger partial charge in [0.15, 0.2) is 5.82 Å². The summed E-state index contributed by atoms with van der Waals surface area (Å²) in [6.45, 7) is 9.41. The van der Waals surface area contributed by atoms with Gasteiger partial charge in [0.05, 0.1) is 6.04 Å². The average Bonchev–Trinajstić information content (AvgIpc) is 3.19. The first-order valence-corrected chi connectivity index (χ1v) is 9.89. The maximum Gasteiger partial charge on any atom is 0.251 e.